The Balaban J connectivity index is 1.31. The molecule has 1 N–H and O–H groups in total. The fraction of sp³-hybridized carbons (Fsp3) is 0.333. The van der Waals surface area contributed by atoms with Crippen LogP contribution in [0.15, 0.2) is 60.9 Å². The molecule has 4 aromatic rings. The number of nitrogens with zero attached hydrogens (tertiary/aromatic N) is 4. The van der Waals surface area contributed by atoms with Gasteiger partial charge in [0.2, 0.25) is 0 Å². The molecule has 0 saturated carbocycles. The summed E-state index contributed by atoms with van der Waals surface area (Å²) in [5.41, 5.74) is 6.45. The Hall–Kier alpha value is -4.66. The molecule has 8 rings (SSSR count). The number of benzene rings is 2. The molecule has 2 aromatic carbocycles. The summed E-state index contributed by atoms with van der Waals surface area (Å²) >= 11 is 0. The quantitative estimate of drug-likeness (QED) is 0.358. The summed E-state index contributed by atoms with van der Waals surface area (Å²) in [4.78, 5) is 33.3. The highest BCUT2D eigenvalue weighted by Crippen LogP contribution is 2.40. The molecule has 5 heterocycles. The van der Waals surface area contributed by atoms with E-state index in [9.17, 15) is 9.59 Å². The van der Waals surface area contributed by atoms with Gasteiger partial charge in [-0.2, -0.15) is 5.10 Å². The molecule has 9 nitrogen and oxygen atoms in total. The van der Waals surface area contributed by atoms with Crippen LogP contribution in [-0.2, 0) is 26.3 Å². The number of aromatic nitrogens is 3. The first kappa shape index (κ1) is 26.3. The second-order valence-corrected chi connectivity index (χ2v) is 11.2. The summed E-state index contributed by atoms with van der Waals surface area (Å²) in [5.74, 6) is 1.68. The van der Waals surface area contributed by atoms with Crippen LogP contribution in [0.1, 0.15) is 74.1 Å². The predicted octanol–water partition coefficient (Wildman–Crippen LogP) is 4.79. The molecule has 0 saturated heterocycles. The van der Waals surface area contributed by atoms with Crippen LogP contribution < -0.4 is 14.8 Å². The molecule has 0 fully saturated rings. The molecule has 2 amide bonds. The SMILES string of the molecule is Cn1nc2c(c1C(=O)N1CCc3cc4ccc3C1c1cccc(c1)OCCCNC(=O)c1cncc(c1)O4)CCCC2. The highest BCUT2D eigenvalue weighted by Gasteiger charge is 2.36. The molecular formula is C33H33N5O4. The lowest BCUT2D eigenvalue weighted by atomic mass is 9.87. The number of fused-ring (bicyclic) bond motifs is 7. The number of nitrogens with one attached hydrogen (secondary N) is 1. The van der Waals surface area contributed by atoms with Gasteiger partial charge in [-0.15, -0.1) is 0 Å². The average Bonchev–Trinajstić information content (AvgIpc) is 3.35. The topological polar surface area (TPSA) is 98.6 Å². The maximum Gasteiger partial charge on any atom is 0.273 e. The van der Waals surface area contributed by atoms with E-state index in [1.807, 2.05) is 48.3 Å². The normalized spacial score (nSPS) is 18.2. The number of rotatable bonds is 1. The lowest BCUT2D eigenvalue weighted by Gasteiger charge is -2.38. The van der Waals surface area contributed by atoms with E-state index >= 15 is 0 Å². The van der Waals surface area contributed by atoms with Crippen molar-refractivity contribution in [1.82, 2.24) is 25.0 Å². The van der Waals surface area contributed by atoms with Crippen LogP contribution in [0.5, 0.6) is 17.2 Å². The molecule has 42 heavy (non-hydrogen) atoms. The molecule has 2 aromatic heterocycles. The Labute approximate surface area is 244 Å². The van der Waals surface area contributed by atoms with Gasteiger partial charge in [0.05, 0.1) is 30.1 Å². The zero-order valence-corrected chi connectivity index (χ0v) is 23.6. The van der Waals surface area contributed by atoms with E-state index in [-0.39, 0.29) is 17.9 Å². The van der Waals surface area contributed by atoms with Gasteiger partial charge in [-0.3, -0.25) is 19.3 Å². The van der Waals surface area contributed by atoms with Crippen molar-refractivity contribution >= 4 is 11.8 Å². The van der Waals surface area contributed by atoms with Crippen molar-refractivity contribution in [3.8, 4) is 17.2 Å². The van der Waals surface area contributed by atoms with E-state index in [4.69, 9.17) is 14.6 Å². The van der Waals surface area contributed by atoms with Crippen molar-refractivity contribution < 1.29 is 19.1 Å². The number of hydrogen-bond donors (Lipinski definition) is 1. The predicted molar refractivity (Wildman–Crippen MR) is 156 cm³/mol. The number of carbonyl (C=O) groups is 2. The monoisotopic (exact) mass is 563 g/mol. The number of ether oxygens (including phenoxy) is 2. The number of hydrogen-bond acceptors (Lipinski definition) is 6. The Morgan fingerprint density at radius 2 is 1.88 bits per heavy atom. The third kappa shape index (κ3) is 4.89. The lowest BCUT2D eigenvalue weighted by Crippen LogP contribution is -2.41. The maximum absolute atomic E-state index is 14.4. The molecular weight excluding hydrogens is 530 g/mol. The highest BCUT2D eigenvalue weighted by molar-refractivity contribution is 5.95. The standard InChI is InChI=1S/C33H33N5O4/c1-37-31(28-8-2-3-9-29(28)36-37)33(40)38-14-12-21-16-25-10-11-27(21)30(38)22-6-4-7-24(17-22)41-15-5-13-35-32(39)23-18-26(42-25)20-34-19-23/h4,6-7,10-11,16-20,30H,2-3,5,8-9,12-15H2,1H3,(H,35,39). The van der Waals surface area contributed by atoms with E-state index in [2.05, 4.69) is 16.4 Å². The van der Waals surface area contributed by atoms with E-state index in [0.717, 1.165) is 59.4 Å². The van der Waals surface area contributed by atoms with Crippen LogP contribution in [0.2, 0.25) is 0 Å². The number of pyridine rings is 1. The molecule has 0 spiro atoms. The van der Waals surface area contributed by atoms with Gasteiger partial charge in [0.25, 0.3) is 11.8 Å². The first-order chi connectivity index (χ1) is 20.5. The van der Waals surface area contributed by atoms with Crippen LogP contribution in [0.25, 0.3) is 0 Å². The van der Waals surface area contributed by atoms with Gasteiger partial charge in [-0.1, -0.05) is 18.2 Å². The van der Waals surface area contributed by atoms with Gasteiger partial charge >= 0.3 is 0 Å². The molecule has 4 aliphatic rings. The van der Waals surface area contributed by atoms with Crippen LogP contribution >= 0.6 is 0 Å². The molecule has 1 unspecified atom stereocenters. The average molecular weight is 564 g/mol. The number of carbonyl (C=O) groups excluding carboxylic acids is 2. The van der Waals surface area contributed by atoms with Gasteiger partial charge in [0.1, 0.15) is 22.9 Å². The molecule has 1 aliphatic carbocycles. The fourth-order valence-corrected chi connectivity index (χ4v) is 6.41. The summed E-state index contributed by atoms with van der Waals surface area (Å²) in [6.07, 6.45) is 8.47. The van der Waals surface area contributed by atoms with Crippen molar-refractivity contribution in [3.63, 3.8) is 0 Å². The summed E-state index contributed by atoms with van der Waals surface area (Å²) in [6, 6.07) is 15.4. The second kappa shape index (κ2) is 11.0. The molecule has 3 aliphatic heterocycles. The summed E-state index contributed by atoms with van der Waals surface area (Å²) < 4.78 is 14.1. The smallest absolute Gasteiger partial charge is 0.273 e. The number of aryl methyl sites for hydroxylation is 2. The molecule has 9 heteroatoms. The summed E-state index contributed by atoms with van der Waals surface area (Å²) in [5, 5.41) is 7.66. The van der Waals surface area contributed by atoms with Crippen LogP contribution in [0.4, 0.5) is 0 Å². The van der Waals surface area contributed by atoms with Crippen LogP contribution in [-0.4, -0.2) is 51.2 Å². The van der Waals surface area contributed by atoms with E-state index in [1.54, 1.807) is 16.9 Å². The lowest BCUT2D eigenvalue weighted by molar-refractivity contribution is 0.0681. The van der Waals surface area contributed by atoms with Gasteiger partial charge in [-0.25, -0.2) is 0 Å². The number of amides is 2. The molecule has 1 atom stereocenters. The third-order valence-corrected chi connectivity index (χ3v) is 8.39. The minimum atomic E-state index is -0.295. The first-order valence-corrected chi connectivity index (χ1v) is 14.7. The summed E-state index contributed by atoms with van der Waals surface area (Å²) in [6.45, 7) is 1.47. The third-order valence-electron chi connectivity index (χ3n) is 8.39. The van der Waals surface area contributed by atoms with Gasteiger partial charge in [-0.05, 0) is 85.5 Å². The maximum atomic E-state index is 14.4. The Bertz CT molecular complexity index is 1680. The minimum Gasteiger partial charge on any atom is -0.494 e. The van der Waals surface area contributed by atoms with Gasteiger partial charge < -0.3 is 19.7 Å². The molecule has 0 radical (unpaired) electrons. The molecule has 8 bridgehead atoms. The van der Waals surface area contributed by atoms with Crippen molar-refractivity contribution in [2.24, 2.45) is 7.05 Å². The van der Waals surface area contributed by atoms with E-state index < -0.39 is 0 Å². The Morgan fingerprint density at radius 1 is 0.976 bits per heavy atom. The van der Waals surface area contributed by atoms with Crippen molar-refractivity contribution in [2.45, 2.75) is 44.6 Å². The zero-order chi connectivity index (χ0) is 28.6. The fourth-order valence-electron chi connectivity index (χ4n) is 6.41. The van der Waals surface area contributed by atoms with Gasteiger partial charge in [0, 0.05) is 31.9 Å². The second-order valence-electron chi connectivity index (χ2n) is 11.2. The van der Waals surface area contributed by atoms with Gasteiger partial charge in [0.15, 0.2) is 0 Å². The first-order valence-electron chi connectivity index (χ1n) is 14.7. The van der Waals surface area contributed by atoms with Crippen molar-refractivity contribution in [2.75, 3.05) is 19.7 Å². The largest absolute Gasteiger partial charge is 0.494 e. The summed E-state index contributed by atoms with van der Waals surface area (Å²) in [7, 11) is 1.89. The minimum absolute atomic E-state index is 0.0104. The zero-order valence-electron chi connectivity index (χ0n) is 23.6. The van der Waals surface area contributed by atoms with Crippen LogP contribution in [0, 0.1) is 0 Å². The van der Waals surface area contributed by atoms with E-state index in [0.29, 0.717) is 55.3 Å². The Morgan fingerprint density at radius 3 is 2.81 bits per heavy atom. The Kier molecular flexibility index (Phi) is 6.85. The van der Waals surface area contributed by atoms with Crippen LogP contribution in [0.3, 0.4) is 0 Å². The molecule has 214 valence electrons. The van der Waals surface area contributed by atoms with Crippen molar-refractivity contribution in [3.05, 3.63) is 100 Å². The highest BCUT2D eigenvalue weighted by atomic mass is 16.5. The van der Waals surface area contributed by atoms with Crippen molar-refractivity contribution in [1.29, 1.82) is 0 Å². The van der Waals surface area contributed by atoms with E-state index in [1.165, 1.54) is 6.20 Å².